The van der Waals surface area contributed by atoms with E-state index in [-0.39, 0.29) is 0 Å². The summed E-state index contributed by atoms with van der Waals surface area (Å²) in [5.41, 5.74) is 4.05. The molecule has 1 aromatic heterocycles. The van der Waals surface area contributed by atoms with Crippen molar-refractivity contribution < 1.29 is 0 Å². The molecule has 2 aromatic rings. The Morgan fingerprint density at radius 2 is 2.00 bits per heavy atom. The molecule has 0 saturated heterocycles. The van der Waals surface area contributed by atoms with Gasteiger partial charge in [0.2, 0.25) is 0 Å². The molecular formula is C13H18N2S2. The first-order chi connectivity index (χ1) is 8.30. The molecule has 4 heteroatoms. The molecule has 17 heavy (non-hydrogen) atoms. The van der Waals surface area contributed by atoms with Crippen LogP contribution >= 0.6 is 24.2 Å². The number of thiol groups is 1. The molecule has 1 N–H and O–H groups in total. The number of hydrogen-bond acceptors (Lipinski definition) is 4. The third-order valence-electron chi connectivity index (χ3n) is 2.88. The van der Waals surface area contributed by atoms with Gasteiger partial charge in [0, 0.05) is 0 Å². The SMILES string of the molecule is CCCc1ccc2sc(NS)nc2c1CCC. The van der Waals surface area contributed by atoms with E-state index in [0.717, 1.165) is 24.4 Å². The summed E-state index contributed by atoms with van der Waals surface area (Å²) in [6.07, 6.45) is 4.61. The monoisotopic (exact) mass is 266 g/mol. The molecule has 0 spiro atoms. The average Bonchev–Trinajstić information content (AvgIpc) is 2.76. The lowest BCUT2D eigenvalue weighted by atomic mass is 9.98. The number of rotatable bonds is 5. The lowest BCUT2D eigenvalue weighted by Crippen LogP contribution is -1.95. The standard InChI is InChI=1S/C13H18N2S2/c1-3-5-9-7-8-11-12(10(9)6-4-2)14-13(15-16)17-11/h7-8,16H,3-6H2,1-2H3,(H,14,15). The summed E-state index contributed by atoms with van der Waals surface area (Å²) in [4.78, 5) is 4.62. The summed E-state index contributed by atoms with van der Waals surface area (Å²) < 4.78 is 4.09. The zero-order chi connectivity index (χ0) is 12.3. The molecule has 0 amide bonds. The highest BCUT2D eigenvalue weighted by Gasteiger charge is 2.11. The Bertz CT molecular complexity index is 505. The number of aromatic nitrogens is 1. The van der Waals surface area contributed by atoms with E-state index in [1.807, 2.05) is 0 Å². The smallest absolute Gasteiger partial charge is 0.193 e. The van der Waals surface area contributed by atoms with Crippen LogP contribution in [0.2, 0.25) is 0 Å². The van der Waals surface area contributed by atoms with Gasteiger partial charge in [-0.2, -0.15) is 0 Å². The van der Waals surface area contributed by atoms with Gasteiger partial charge in [0.1, 0.15) is 0 Å². The first kappa shape index (κ1) is 12.7. The van der Waals surface area contributed by atoms with E-state index in [1.165, 1.54) is 27.8 Å². The molecule has 0 radical (unpaired) electrons. The third kappa shape index (κ3) is 2.58. The first-order valence-electron chi connectivity index (χ1n) is 6.11. The number of aryl methyl sites for hydroxylation is 2. The van der Waals surface area contributed by atoms with Crippen LogP contribution in [0.25, 0.3) is 10.2 Å². The second-order valence-corrected chi connectivity index (χ2v) is 5.44. The summed E-state index contributed by atoms with van der Waals surface area (Å²) in [7, 11) is 0. The molecule has 0 aliphatic heterocycles. The van der Waals surface area contributed by atoms with E-state index >= 15 is 0 Å². The molecule has 1 heterocycles. The number of nitrogens with zero attached hydrogens (tertiary/aromatic N) is 1. The van der Waals surface area contributed by atoms with Gasteiger partial charge in [-0.05, 0) is 30.0 Å². The second kappa shape index (κ2) is 5.74. The Kier molecular flexibility index (Phi) is 4.29. The fourth-order valence-electron chi connectivity index (χ4n) is 2.17. The van der Waals surface area contributed by atoms with Crippen LogP contribution in [0.3, 0.4) is 0 Å². The molecule has 0 aliphatic carbocycles. The molecule has 2 nitrogen and oxygen atoms in total. The van der Waals surface area contributed by atoms with Crippen LogP contribution in [0.1, 0.15) is 37.8 Å². The number of thiazole rings is 1. The number of fused-ring (bicyclic) bond motifs is 1. The number of benzene rings is 1. The maximum absolute atomic E-state index is 4.62. The molecule has 0 saturated carbocycles. The lowest BCUT2D eigenvalue weighted by Gasteiger charge is -2.08. The van der Waals surface area contributed by atoms with Crippen LogP contribution in [0.15, 0.2) is 12.1 Å². The maximum Gasteiger partial charge on any atom is 0.193 e. The van der Waals surface area contributed by atoms with Gasteiger partial charge in [-0.15, -0.1) is 0 Å². The van der Waals surface area contributed by atoms with Gasteiger partial charge in [0.25, 0.3) is 0 Å². The van der Waals surface area contributed by atoms with Crippen molar-refractivity contribution in [3.63, 3.8) is 0 Å². The molecular weight excluding hydrogens is 248 g/mol. The average molecular weight is 266 g/mol. The molecule has 0 fully saturated rings. The molecule has 0 atom stereocenters. The van der Waals surface area contributed by atoms with Gasteiger partial charge in [-0.25, -0.2) is 4.98 Å². The van der Waals surface area contributed by atoms with Crippen LogP contribution in [0.4, 0.5) is 5.13 Å². The van der Waals surface area contributed by atoms with Gasteiger partial charge in [-0.3, -0.25) is 0 Å². The van der Waals surface area contributed by atoms with Crippen LogP contribution in [0.5, 0.6) is 0 Å². The molecule has 92 valence electrons. The van der Waals surface area contributed by atoms with Crippen LogP contribution in [-0.4, -0.2) is 4.98 Å². The summed E-state index contributed by atoms with van der Waals surface area (Å²) in [5.74, 6) is 0. The number of hydrogen-bond donors (Lipinski definition) is 2. The predicted molar refractivity (Wildman–Crippen MR) is 80.2 cm³/mol. The molecule has 2 rings (SSSR count). The van der Waals surface area contributed by atoms with Gasteiger partial charge in [-0.1, -0.05) is 56.9 Å². The summed E-state index contributed by atoms with van der Waals surface area (Å²) >= 11 is 5.74. The minimum absolute atomic E-state index is 0.884. The minimum Gasteiger partial charge on any atom is -0.308 e. The van der Waals surface area contributed by atoms with E-state index in [2.05, 4.69) is 48.5 Å². The summed E-state index contributed by atoms with van der Waals surface area (Å²) in [6.45, 7) is 4.44. The fraction of sp³-hybridized carbons (Fsp3) is 0.462. The highest BCUT2D eigenvalue weighted by molar-refractivity contribution is 7.82. The van der Waals surface area contributed by atoms with Gasteiger partial charge < -0.3 is 4.72 Å². The van der Waals surface area contributed by atoms with Crippen molar-refractivity contribution in [3.05, 3.63) is 23.3 Å². The zero-order valence-electron chi connectivity index (χ0n) is 10.3. The summed E-state index contributed by atoms with van der Waals surface area (Å²) in [6, 6.07) is 4.45. The van der Waals surface area contributed by atoms with Crippen molar-refractivity contribution >= 4 is 39.5 Å². The molecule has 0 unspecified atom stereocenters. The highest BCUT2D eigenvalue weighted by atomic mass is 32.1. The summed E-state index contributed by atoms with van der Waals surface area (Å²) in [5, 5.41) is 0.884. The van der Waals surface area contributed by atoms with Crippen molar-refractivity contribution in [2.75, 3.05) is 4.72 Å². The third-order valence-corrected chi connectivity index (χ3v) is 4.18. The van der Waals surface area contributed by atoms with E-state index in [1.54, 1.807) is 11.3 Å². The molecule has 0 aliphatic rings. The fourth-order valence-corrected chi connectivity index (χ4v) is 3.15. The Balaban J connectivity index is 2.56. The van der Waals surface area contributed by atoms with Gasteiger partial charge in [0.15, 0.2) is 5.13 Å². The van der Waals surface area contributed by atoms with Gasteiger partial charge >= 0.3 is 0 Å². The maximum atomic E-state index is 4.62. The quantitative estimate of drug-likeness (QED) is 0.781. The Labute approximate surface area is 112 Å². The minimum atomic E-state index is 0.884. The number of nitrogens with one attached hydrogen (secondary N) is 1. The van der Waals surface area contributed by atoms with Gasteiger partial charge in [0.05, 0.1) is 10.2 Å². The number of anilines is 1. The van der Waals surface area contributed by atoms with E-state index in [9.17, 15) is 0 Å². The van der Waals surface area contributed by atoms with Crippen molar-refractivity contribution in [2.24, 2.45) is 0 Å². The molecule has 0 bridgehead atoms. The van der Waals surface area contributed by atoms with Crippen molar-refractivity contribution in [2.45, 2.75) is 39.5 Å². The van der Waals surface area contributed by atoms with Crippen molar-refractivity contribution in [1.29, 1.82) is 0 Å². The predicted octanol–water partition coefficient (Wildman–Crippen LogP) is 4.46. The topological polar surface area (TPSA) is 24.9 Å². The first-order valence-corrected chi connectivity index (χ1v) is 7.37. The highest BCUT2D eigenvalue weighted by Crippen LogP contribution is 2.31. The Hall–Kier alpha value is -0.740. The van der Waals surface area contributed by atoms with Crippen LogP contribution in [-0.2, 0) is 12.8 Å². The van der Waals surface area contributed by atoms with E-state index in [4.69, 9.17) is 0 Å². The van der Waals surface area contributed by atoms with E-state index < -0.39 is 0 Å². The Morgan fingerprint density at radius 3 is 2.65 bits per heavy atom. The van der Waals surface area contributed by atoms with Crippen molar-refractivity contribution in [3.8, 4) is 0 Å². The van der Waals surface area contributed by atoms with Crippen molar-refractivity contribution in [1.82, 2.24) is 4.98 Å². The van der Waals surface area contributed by atoms with Crippen LogP contribution < -0.4 is 4.72 Å². The Morgan fingerprint density at radius 1 is 1.24 bits per heavy atom. The second-order valence-electron chi connectivity index (χ2n) is 4.18. The molecule has 1 aromatic carbocycles. The largest absolute Gasteiger partial charge is 0.308 e. The zero-order valence-corrected chi connectivity index (χ0v) is 12.0. The van der Waals surface area contributed by atoms with E-state index in [0.29, 0.717) is 0 Å². The van der Waals surface area contributed by atoms with Crippen LogP contribution in [0, 0.1) is 0 Å². The normalized spacial score (nSPS) is 11.0. The lowest BCUT2D eigenvalue weighted by molar-refractivity contribution is 0.866.